The van der Waals surface area contributed by atoms with Crippen LogP contribution in [-0.2, 0) is 14.8 Å². The van der Waals surface area contributed by atoms with Crippen LogP contribution in [0.3, 0.4) is 0 Å². The number of rotatable bonds is 5. The molecule has 132 valence electrons. The summed E-state index contributed by atoms with van der Waals surface area (Å²) in [5.41, 5.74) is 0.805. The highest BCUT2D eigenvalue weighted by Gasteiger charge is 2.22. The Balaban J connectivity index is 1.75. The minimum absolute atomic E-state index is 0.0674. The van der Waals surface area contributed by atoms with E-state index in [2.05, 4.69) is 15.0 Å². The lowest BCUT2D eigenvalue weighted by molar-refractivity contribution is 0.0832. The highest BCUT2D eigenvalue weighted by Crippen LogP contribution is 2.16. The van der Waals surface area contributed by atoms with Gasteiger partial charge < -0.3 is 10.1 Å². The fraction of sp³-hybridized carbons (Fsp3) is 0.294. The van der Waals surface area contributed by atoms with E-state index in [1.165, 1.54) is 18.3 Å². The zero-order chi connectivity index (χ0) is 17.7. The van der Waals surface area contributed by atoms with Crippen LogP contribution in [0.2, 0.25) is 0 Å². The predicted octanol–water partition coefficient (Wildman–Crippen LogP) is 1.79. The van der Waals surface area contributed by atoms with E-state index in [1.54, 1.807) is 30.5 Å². The van der Waals surface area contributed by atoms with Crippen LogP contribution in [0.4, 0.5) is 5.69 Å². The Morgan fingerprint density at radius 2 is 1.96 bits per heavy atom. The molecular formula is C17H19N3O4S. The second-order valence-electron chi connectivity index (χ2n) is 5.73. The molecule has 0 bridgehead atoms. The zero-order valence-corrected chi connectivity index (χ0v) is 14.3. The largest absolute Gasteiger partial charge is 0.381 e. The number of benzene rings is 1. The summed E-state index contributed by atoms with van der Waals surface area (Å²) >= 11 is 0. The van der Waals surface area contributed by atoms with Gasteiger partial charge in [-0.15, -0.1) is 0 Å². The van der Waals surface area contributed by atoms with Crippen molar-refractivity contribution < 1.29 is 17.9 Å². The van der Waals surface area contributed by atoms with Crippen molar-refractivity contribution in [2.24, 2.45) is 0 Å². The number of ether oxygens (including phenoxy) is 1. The lowest BCUT2D eigenvalue weighted by Gasteiger charge is -2.23. The molecule has 0 saturated carbocycles. The molecule has 1 aromatic carbocycles. The second-order valence-corrected chi connectivity index (χ2v) is 7.45. The van der Waals surface area contributed by atoms with Gasteiger partial charge in [-0.3, -0.25) is 9.78 Å². The van der Waals surface area contributed by atoms with Crippen molar-refractivity contribution in [2.45, 2.75) is 23.8 Å². The normalized spacial score (nSPS) is 15.7. The van der Waals surface area contributed by atoms with Crippen molar-refractivity contribution in [1.82, 2.24) is 9.71 Å². The van der Waals surface area contributed by atoms with Crippen molar-refractivity contribution in [1.29, 1.82) is 0 Å². The van der Waals surface area contributed by atoms with Crippen molar-refractivity contribution in [3.63, 3.8) is 0 Å². The molecule has 0 aliphatic carbocycles. The molecule has 2 heterocycles. The van der Waals surface area contributed by atoms with Gasteiger partial charge in [-0.25, -0.2) is 13.1 Å². The van der Waals surface area contributed by atoms with Crippen LogP contribution >= 0.6 is 0 Å². The number of pyridine rings is 1. The molecule has 1 aromatic heterocycles. The molecule has 2 N–H and O–H groups in total. The van der Waals surface area contributed by atoms with E-state index < -0.39 is 15.9 Å². The Hall–Kier alpha value is -2.29. The average molecular weight is 361 g/mol. The van der Waals surface area contributed by atoms with Crippen LogP contribution in [0, 0.1) is 0 Å². The molecule has 1 aliphatic heterocycles. The monoisotopic (exact) mass is 361 g/mol. The Morgan fingerprint density at radius 3 is 2.68 bits per heavy atom. The summed E-state index contributed by atoms with van der Waals surface area (Å²) in [5, 5.41) is 2.69. The van der Waals surface area contributed by atoms with Crippen molar-refractivity contribution in [3.05, 3.63) is 54.4 Å². The van der Waals surface area contributed by atoms with E-state index in [1.807, 2.05) is 0 Å². The number of aromatic nitrogens is 1. The SMILES string of the molecule is O=C(Nc1cccnc1)c1cccc(S(=O)(=O)NC2CCOCC2)c1. The molecule has 1 aliphatic rings. The van der Waals surface area contributed by atoms with Gasteiger partial charge in [-0.2, -0.15) is 0 Å². The standard InChI is InChI=1S/C17H19N3O4S/c21-17(19-15-4-2-8-18-12-15)13-3-1-5-16(11-13)25(22,23)20-14-6-9-24-10-7-14/h1-5,8,11-12,14,20H,6-7,9-10H2,(H,19,21). The number of anilines is 1. The van der Waals surface area contributed by atoms with Gasteiger partial charge in [0, 0.05) is 31.0 Å². The average Bonchev–Trinajstić information content (AvgIpc) is 2.63. The molecule has 1 amide bonds. The third-order valence-corrected chi connectivity index (χ3v) is 5.39. The van der Waals surface area contributed by atoms with E-state index in [9.17, 15) is 13.2 Å². The van der Waals surface area contributed by atoms with Crippen molar-refractivity contribution in [2.75, 3.05) is 18.5 Å². The summed E-state index contributed by atoms with van der Waals surface area (Å²) in [6.45, 7) is 1.08. The molecule has 1 saturated heterocycles. The van der Waals surface area contributed by atoms with E-state index in [0.717, 1.165) is 0 Å². The fourth-order valence-electron chi connectivity index (χ4n) is 2.55. The number of nitrogens with one attached hydrogen (secondary N) is 2. The fourth-order valence-corrected chi connectivity index (χ4v) is 3.90. The summed E-state index contributed by atoms with van der Waals surface area (Å²) in [6, 6.07) is 9.23. The van der Waals surface area contributed by atoms with E-state index in [-0.39, 0.29) is 16.5 Å². The first kappa shape index (κ1) is 17.5. The molecule has 0 radical (unpaired) electrons. The molecule has 8 heteroatoms. The van der Waals surface area contributed by atoms with E-state index in [4.69, 9.17) is 4.74 Å². The van der Waals surface area contributed by atoms with Gasteiger partial charge in [0.05, 0.1) is 16.8 Å². The second kappa shape index (κ2) is 7.73. The minimum atomic E-state index is -3.69. The number of carbonyl (C=O) groups is 1. The first-order chi connectivity index (χ1) is 12.0. The highest BCUT2D eigenvalue weighted by molar-refractivity contribution is 7.89. The van der Waals surface area contributed by atoms with Crippen LogP contribution < -0.4 is 10.0 Å². The third kappa shape index (κ3) is 4.62. The first-order valence-corrected chi connectivity index (χ1v) is 9.44. The first-order valence-electron chi connectivity index (χ1n) is 7.96. The Labute approximate surface area is 146 Å². The number of hydrogen-bond acceptors (Lipinski definition) is 5. The summed E-state index contributed by atoms with van der Waals surface area (Å²) < 4.78 is 33.0. The lowest BCUT2D eigenvalue weighted by Crippen LogP contribution is -2.38. The molecule has 3 rings (SSSR count). The molecule has 0 unspecified atom stereocenters. The molecule has 25 heavy (non-hydrogen) atoms. The van der Waals surface area contributed by atoms with Crippen LogP contribution in [0.5, 0.6) is 0 Å². The Bertz CT molecular complexity index is 834. The lowest BCUT2D eigenvalue weighted by atomic mass is 10.1. The van der Waals surface area contributed by atoms with Gasteiger partial charge in [0.15, 0.2) is 0 Å². The number of hydrogen-bond donors (Lipinski definition) is 2. The Kier molecular flexibility index (Phi) is 5.42. The van der Waals surface area contributed by atoms with Gasteiger partial charge in [0.1, 0.15) is 0 Å². The van der Waals surface area contributed by atoms with Crippen LogP contribution in [0.25, 0.3) is 0 Å². The van der Waals surface area contributed by atoms with Gasteiger partial charge in [-0.1, -0.05) is 6.07 Å². The summed E-state index contributed by atoms with van der Waals surface area (Å²) in [7, 11) is -3.69. The van der Waals surface area contributed by atoms with Gasteiger partial charge >= 0.3 is 0 Å². The maximum absolute atomic E-state index is 12.5. The maximum atomic E-state index is 12.5. The molecule has 0 spiro atoms. The smallest absolute Gasteiger partial charge is 0.255 e. The molecule has 2 aromatic rings. The Morgan fingerprint density at radius 1 is 1.16 bits per heavy atom. The topological polar surface area (TPSA) is 97.4 Å². The maximum Gasteiger partial charge on any atom is 0.255 e. The number of carbonyl (C=O) groups excluding carboxylic acids is 1. The van der Waals surface area contributed by atoms with Crippen molar-refractivity contribution in [3.8, 4) is 0 Å². The van der Waals surface area contributed by atoms with Crippen LogP contribution in [-0.4, -0.2) is 38.6 Å². The minimum Gasteiger partial charge on any atom is -0.381 e. The van der Waals surface area contributed by atoms with Crippen LogP contribution in [0.1, 0.15) is 23.2 Å². The third-order valence-electron chi connectivity index (χ3n) is 3.87. The highest BCUT2D eigenvalue weighted by atomic mass is 32.2. The predicted molar refractivity (Wildman–Crippen MR) is 92.8 cm³/mol. The molecule has 0 atom stereocenters. The summed E-state index contributed by atoms with van der Waals surface area (Å²) in [5.74, 6) is -0.392. The number of nitrogens with zero attached hydrogens (tertiary/aromatic N) is 1. The summed E-state index contributed by atoms with van der Waals surface area (Å²) in [6.07, 6.45) is 4.40. The van der Waals surface area contributed by atoms with Crippen LogP contribution in [0.15, 0.2) is 53.7 Å². The molecule has 1 fully saturated rings. The van der Waals surface area contributed by atoms with Crippen molar-refractivity contribution >= 4 is 21.6 Å². The van der Waals surface area contributed by atoms with Gasteiger partial charge in [0.25, 0.3) is 5.91 Å². The number of amides is 1. The van der Waals surface area contributed by atoms with E-state index in [0.29, 0.717) is 31.7 Å². The molecule has 7 nitrogen and oxygen atoms in total. The number of sulfonamides is 1. The zero-order valence-electron chi connectivity index (χ0n) is 13.5. The van der Waals surface area contributed by atoms with E-state index >= 15 is 0 Å². The molecular weight excluding hydrogens is 342 g/mol. The van der Waals surface area contributed by atoms with Gasteiger partial charge in [0.2, 0.25) is 10.0 Å². The summed E-state index contributed by atoms with van der Waals surface area (Å²) in [4.78, 5) is 16.3. The van der Waals surface area contributed by atoms with Gasteiger partial charge in [-0.05, 0) is 43.2 Å². The quantitative estimate of drug-likeness (QED) is 0.846.